The van der Waals surface area contributed by atoms with Crippen LogP contribution in [0.4, 0.5) is 13.2 Å². The lowest BCUT2D eigenvalue weighted by molar-refractivity contribution is -0.137. The molecule has 0 aromatic heterocycles. The number of hydrogen-bond acceptors (Lipinski definition) is 3. The fraction of sp³-hybridized carbons (Fsp3) is 0.455. The van der Waals surface area contributed by atoms with E-state index in [9.17, 15) is 21.6 Å². The molecule has 1 aliphatic rings. The number of halogens is 3. The highest BCUT2D eigenvalue weighted by Gasteiger charge is 2.30. The average molecular weight is 295 g/mol. The van der Waals surface area contributed by atoms with Crippen LogP contribution in [0.25, 0.3) is 0 Å². The standard InChI is InChI=1S/C11H12F3NO3S/c12-11(13,14)8-1-3-10(4-2-8)18-7-9-5-6-19(16,17)15-9/h1-4,9,15H,5-7H2/t9-/m1/s1. The van der Waals surface area contributed by atoms with Crippen LogP contribution >= 0.6 is 0 Å². The van der Waals surface area contributed by atoms with Crippen LogP contribution in [0.3, 0.4) is 0 Å². The van der Waals surface area contributed by atoms with Gasteiger partial charge in [0.05, 0.1) is 17.4 Å². The Morgan fingerprint density at radius 2 is 1.89 bits per heavy atom. The molecule has 1 heterocycles. The zero-order valence-electron chi connectivity index (χ0n) is 9.77. The first-order valence-corrected chi connectivity index (χ1v) is 7.21. The largest absolute Gasteiger partial charge is 0.492 e. The van der Waals surface area contributed by atoms with Crippen molar-refractivity contribution in [3.05, 3.63) is 29.8 Å². The number of hydrogen-bond donors (Lipinski definition) is 1. The number of alkyl halides is 3. The molecule has 0 bridgehead atoms. The molecular weight excluding hydrogens is 283 g/mol. The number of rotatable bonds is 3. The maximum absolute atomic E-state index is 12.3. The van der Waals surface area contributed by atoms with Crippen LogP contribution in [0.1, 0.15) is 12.0 Å². The smallest absolute Gasteiger partial charge is 0.416 e. The van der Waals surface area contributed by atoms with Crippen molar-refractivity contribution in [1.82, 2.24) is 4.72 Å². The van der Waals surface area contributed by atoms with Gasteiger partial charge in [0, 0.05) is 0 Å². The Hall–Kier alpha value is -1.28. The second-order valence-electron chi connectivity index (χ2n) is 4.26. The van der Waals surface area contributed by atoms with Crippen LogP contribution in [0.15, 0.2) is 24.3 Å². The molecule has 1 atom stereocenters. The van der Waals surface area contributed by atoms with Gasteiger partial charge >= 0.3 is 6.18 Å². The normalized spacial score (nSPS) is 22.4. The second-order valence-corrected chi connectivity index (χ2v) is 6.13. The van der Waals surface area contributed by atoms with Crippen LogP contribution in [0, 0.1) is 0 Å². The fourth-order valence-corrected chi connectivity index (χ4v) is 3.13. The summed E-state index contributed by atoms with van der Waals surface area (Å²) in [6.45, 7) is 0.102. The summed E-state index contributed by atoms with van der Waals surface area (Å²) in [6.07, 6.45) is -3.94. The first-order valence-electron chi connectivity index (χ1n) is 5.56. The van der Waals surface area contributed by atoms with Crippen LogP contribution in [0.5, 0.6) is 5.75 Å². The molecule has 0 aliphatic carbocycles. The van der Waals surface area contributed by atoms with Crippen molar-refractivity contribution in [2.24, 2.45) is 0 Å². The SMILES string of the molecule is O=S1(=O)CC[C@H](COc2ccc(C(F)(F)F)cc2)N1. The van der Waals surface area contributed by atoms with Crippen molar-refractivity contribution < 1.29 is 26.3 Å². The van der Waals surface area contributed by atoms with E-state index in [1.165, 1.54) is 12.1 Å². The van der Waals surface area contributed by atoms with E-state index in [0.717, 1.165) is 12.1 Å². The van der Waals surface area contributed by atoms with Gasteiger partial charge in [-0.2, -0.15) is 13.2 Å². The maximum atomic E-state index is 12.3. The van der Waals surface area contributed by atoms with Crippen molar-refractivity contribution in [2.75, 3.05) is 12.4 Å². The summed E-state index contributed by atoms with van der Waals surface area (Å²) in [4.78, 5) is 0. The molecule has 1 aromatic carbocycles. The summed E-state index contributed by atoms with van der Waals surface area (Å²) in [5.74, 6) is 0.327. The highest BCUT2D eigenvalue weighted by atomic mass is 32.2. The van der Waals surface area contributed by atoms with E-state index in [1.807, 2.05) is 0 Å². The number of benzene rings is 1. The topological polar surface area (TPSA) is 55.4 Å². The van der Waals surface area contributed by atoms with Crippen molar-refractivity contribution in [1.29, 1.82) is 0 Å². The molecule has 2 rings (SSSR count). The van der Waals surface area contributed by atoms with Gasteiger partial charge in [-0.1, -0.05) is 0 Å². The zero-order valence-corrected chi connectivity index (χ0v) is 10.6. The zero-order chi connectivity index (χ0) is 14.1. The van der Waals surface area contributed by atoms with Gasteiger partial charge in [0.1, 0.15) is 12.4 Å². The first kappa shape index (κ1) is 14.1. The number of nitrogens with one attached hydrogen (secondary N) is 1. The summed E-state index contributed by atoms with van der Waals surface area (Å²) in [5, 5.41) is 0. The van der Waals surface area contributed by atoms with Crippen molar-refractivity contribution in [3.8, 4) is 5.75 Å². The molecule has 1 N–H and O–H groups in total. The van der Waals surface area contributed by atoms with E-state index in [1.54, 1.807) is 0 Å². The molecule has 4 nitrogen and oxygen atoms in total. The van der Waals surface area contributed by atoms with Crippen molar-refractivity contribution in [2.45, 2.75) is 18.6 Å². The Balaban J connectivity index is 1.91. The minimum Gasteiger partial charge on any atom is -0.492 e. The summed E-state index contributed by atoms with van der Waals surface area (Å²) in [7, 11) is -3.20. The van der Waals surface area contributed by atoms with Gasteiger partial charge < -0.3 is 4.74 Å². The van der Waals surface area contributed by atoms with Crippen LogP contribution in [-0.2, 0) is 16.2 Å². The lowest BCUT2D eigenvalue weighted by Gasteiger charge is -2.12. The molecule has 0 saturated carbocycles. The highest BCUT2D eigenvalue weighted by molar-refractivity contribution is 7.89. The van der Waals surface area contributed by atoms with Gasteiger partial charge in [0.25, 0.3) is 0 Å². The Kier molecular flexibility index (Phi) is 3.73. The average Bonchev–Trinajstić information content (AvgIpc) is 2.66. The monoisotopic (exact) mass is 295 g/mol. The lowest BCUT2D eigenvalue weighted by Crippen LogP contribution is -2.30. The molecule has 1 fully saturated rings. The summed E-state index contributed by atoms with van der Waals surface area (Å²) in [6, 6.07) is 3.95. The minimum atomic E-state index is -4.38. The third-order valence-electron chi connectivity index (χ3n) is 2.71. The van der Waals surface area contributed by atoms with E-state index in [2.05, 4.69) is 4.72 Å². The molecule has 0 unspecified atom stereocenters. The van der Waals surface area contributed by atoms with Gasteiger partial charge in [-0.25, -0.2) is 13.1 Å². The molecule has 19 heavy (non-hydrogen) atoms. The fourth-order valence-electron chi connectivity index (χ4n) is 1.72. The minimum absolute atomic E-state index is 0.0496. The van der Waals surface area contributed by atoms with E-state index in [0.29, 0.717) is 6.42 Å². The molecule has 1 saturated heterocycles. The van der Waals surface area contributed by atoms with E-state index < -0.39 is 21.8 Å². The molecular formula is C11H12F3NO3S. The maximum Gasteiger partial charge on any atom is 0.416 e. The lowest BCUT2D eigenvalue weighted by atomic mass is 10.2. The van der Waals surface area contributed by atoms with Gasteiger partial charge in [-0.15, -0.1) is 0 Å². The summed E-state index contributed by atoms with van der Waals surface area (Å²) < 4.78 is 66.8. The Bertz CT molecular complexity index is 539. The molecule has 0 spiro atoms. The third kappa shape index (κ3) is 3.84. The molecule has 106 valence electrons. The summed E-state index contributed by atoms with van der Waals surface area (Å²) >= 11 is 0. The van der Waals surface area contributed by atoms with Crippen LogP contribution in [-0.4, -0.2) is 26.8 Å². The number of ether oxygens (including phenoxy) is 1. The van der Waals surface area contributed by atoms with Crippen LogP contribution in [0.2, 0.25) is 0 Å². The predicted octanol–water partition coefficient (Wildman–Crippen LogP) is 1.78. The molecule has 1 aliphatic heterocycles. The molecule has 1 aromatic rings. The Morgan fingerprint density at radius 3 is 2.37 bits per heavy atom. The van der Waals surface area contributed by atoms with E-state index in [4.69, 9.17) is 4.74 Å². The van der Waals surface area contributed by atoms with Gasteiger partial charge in [-0.05, 0) is 30.7 Å². The number of sulfonamides is 1. The summed E-state index contributed by atoms with van der Waals surface area (Å²) in [5.41, 5.74) is -0.749. The Morgan fingerprint density at radius 1 is 1.26 bits per heavy atom. The molecule has 0 amide bonds. The van der Waals surface area contributed by atoms with Crippen LogP contribution < -0.4 is 9.46 Å². The molecule has 0 radical (unpaired) electrons. The van der Waals surface area contributed by atoms with E-state index in [-0.39, 0.29) is 24.2 Å². The third-order valence-corrected chi connectivity index (χ3v) is 4.18. The first-order chi connectivity index (χ1) is 8.76. The van der Waals surface area contributed by atoms with E-state index >= 15 is 0 Å². The Labute approximate surface area is 108 Å². The highest BCUT2D eigenvalue weighted by Crippen LogP contribution is 2.30. The predicted molar refractivity (Wildman–Crippen MR) is 62.3 cm³/mol. The van der Waals surface area contributed by atoms with Crippen molar-refractivity contribution in [3.63, 3.8) is 0 Å². The molecule has 8 heteroatoms. The quantitative estimate of drug-likeness (QED) is 0.924. The second kappa shape index (κ2) is 5.01. The van der Waals surface area contributed by atoms with Crippen molar-refractivity contribution >= 4 is 10.0 Å². The van der Waals surface area contributed by atoms with Gasteiger partial charge in [0.2, 0.25) is 10.0 Å². The van der Waals surface area contributed by atoms with Gasteiger partial charge in [-0.3, -0.25) is 0 Å². The van der Waals surface area contributed by atoms with Gasteiger partial charge in [0.15, 0.2) is 0 Å².